The predicted octanol–water partition coefficient (Wildman–Crippen LogP) is 2.78. The Morgan fingerprint density at radius 2 is 1.93 bits per heavy atom. The van der Waals surface area contributed by atoms with E-state index in [0.717, 1.165) is 11.8 Å². The molecular weight excluding hydrogens is 402 g/mol. The summed E-state index contributed by atoms with van der Waals surface area (Å²) in [5, 5.41) is 0. The lowest BCUT2D eigenvalue weighted by Gasteiger charge is -2.35. The van der Waals surface area contributed by atoms with E-state index in [2.05, 4.69) is 4.72 Å². The molecule has 3 rings (SSSR count). The molecule has 1 fully saturated rings. The lowest BCUT2D eigenvalue weighted by molar-refractivity contribution is -0.0660. The number of nitrogens with one attached hydrogen (secondary N) is 1. The van der Waals surface area contributed by atoms with Crippen LogP contribution in [0.5, 0.6) is 5.75 Å². The molecule has 1 saturated carbocycles. The first-order valence-electron chi connectivity index (χ1n) is 9.28. The maximum Gasteiger partial charge on any atom is 0.258 e. The summed E-state index contributed by atoms with van der Waals surface area (Å²) in [6.07, 6.45) is 1.97. The Balaban J connectivity index is 1.70. The molecule has 1 aromatic carbocycles. The quantitative estimate of drug-likeness (QED) is 0.771. The number of alkyl halides is 2. The molecule has 1 aliphatic carbocycles. The fraction of sp³-hybridized carbons (Fsp3) is 0.450. The number of hydrogen-bond acceptors (Lipinski definition) is 4. The molecule has 1 aromatic heterocycles. The van der Waals surface area contributed by atoms with Gasteiger partial charge >= 0.3 is 0 Å². The first-order valence-corrected chi connectivity index (χ1v) is 11.2. The molecule has 2 unspecified atom stereocenters. The van der Waals surface area contributed by atoms with E-state index in [4.69, 9.17) is 4.74 Å². The molecule has 2 aromatic rings. The zero-order valence-electron chi connectivity index (χ0n) is 16.3. The van der Waals surface area contributed by atoms with Crippen molar-refractivity contribution in [1.82, 2.24) is 9.29 Å². The normalized spacial score (nSPS) is 21.7. The maximum atomic E-state index is 13.8. The van der Waals surface area contributed by atoms with Crippen molar-refractivity contribution in [1.29, 1.82) is 0 Å². The highest BCUT2D eigenvalue weighted by Crippen LogP contribution is 2.37. The van der Waals surface area contributed by atoms with Crippen LogP contribution in [0.15, 0.2) is 47.4 Å². The third kappa shape index (κ3) is 5.63. The Hall–Kier alpha value is -2.26. The third-order valence-corrected chi connectivity index (χ3v) is 5.80. The average Bonchev–Trinajstić information content (AvgIpc) is 2.63. The smallest absolute Gasteiger partial charge is 0.258 e. The van der Waals surface area contributed by atoms with Gasteiger partial charge in [0, 0.05) is 43.6 Å². The maximum absolute atomic E-state index is 13.8. The fourth-order valence-corrected chi connectivity index (χ4v) is 4.45. The number of aryl methyl sites for hydroxylation is 1. The minimum Gasteiger partial charge on any atom is -0.493 e. The number of aromatic nitrogens is 1. The van der Waals surface area contributed by atoms with Gasteiger partial charge in [-0.3, -0.25) is 4.79 Å². The second kappa shape index (κ2) is 8.23. The van der Waals surface area contributed by atoms with Gasteiger partial charge in [0.05, 0.1) is 12.9 Å². The van der Waals surface area contributed by atoms with E-state index >= 15 is 0 Å². The lowest BCUT2D eigenvalue weighted by atomic mass is 9.83. The monoisotopic (exact) mass is 426 g/mol. The van der Waals surface area contributed by atoms with Crippen molar-refractivity contribution in [2.24, 2.45) is 13.0 Å². The Morgan fingerprint density at radius 1 is 1.24 bits per heavy atom. The predicted molar refractivity (Wildman–Crippen MR) is 107 cm³/mol. The third-order valence-electron chi connectivity index (χ3n) is 5.07. The fourth-order valence-electron chi connectivity index (χ4n) is 3.59. The lowest BCUT2D eigenvalue weighted by Crippen LogP contribution is -2.48. The van der Waals surface area contributed by atoms with Crippen molar-refractivity contribution in [2.75, 3.05) is 12.9 Å². The Bertz CT molecular complexity index is 1020. The van der Waals surface area contributed by atoms with E-state index in [9.17, 15) is 22.0 Å². The van der Waals surface area contributed by atoms with Crippen LogP contribution in [0.3, 0.4) is 0 Å². The molecule has 2 atom stereocenters. The van der Waals surface area contributed by atoms with E-state index in [1.54, 1.807) is 49.6 Å². The average molecular weight is 426 g/mol. The van der Waals surface area contributed by atoms with Gasteiger partial charge in [0.1, 0.15) is 5.75 Å². The zero-order valence-corrected chi connectivity index (χ0v) is 17.1. The molecule has 9 heteroatoms. The molecule has 6 nitrogen and oxygen atoms in total. The number of benzene rings is 1. The summed E-state index contributed by atoms with van der Waals surface area (Å²) in [7, 11) is -1.83. The van der Waals surface area contributed by atoms with E-state index in [0.29, 0.717) is 11.3 Å². The van der Waals surface area contributed by atoms with Crippen molar-refractivity contribution in [3.05, 3.63) is 52.9 Å². The molecule has 1 heterocycles. The van der Waals surface area contributed by atoms with Crippen LogP contribution in [-0.2, 0) is 17.1 Å². The molecule has 0 radical (unpaired) electrons. The minimum absolute atomic E-state index is 0.0325. The molecule has 0 aliphatic heterocycles. The van der Waals surface area contributed by atoms with Crippen molar-refractivity contribution in [3.63, 3.8) is 0 Å². The minimum atomic E-state index is -3.50. The van der Waals surface area contributed by atoms with Gasteiger partial charge in [0.2, 0.25) is 15.9 Å². The molecule has 29 heavy (non-hydrogen) atoms. The van der Waals surface area contributed by atoms with Gasteiger partial charge in [-0.25, -0.2) is 21.9 Å². The second-order valence-electron chi connectivity index (χ2n) is 7.53. The van der Waals surface area contributed by atoms with Crippen LogP contribution in [-0.4, -0.2) is 37.8 Å². The molecular formula is C20H24F2N2O4S. The number of ether oxygens (including phenoxy) is 1. The molecule has 0 saturated heterocycles. The number of hydrogen-bond donors (Lipinski definition) is 1. The van der Waals surface area contributed by atoms with Crippen molar-refractivity contribution in [2.45, 2.75) is 31.2 Å². The van der Waals surface area contributed by atoms with Crippen molar-refractivity contribution in [3.8, 4) is 16.9 Å². The first kappa shape index (κ1) is 21.4. The molecule has 158 valence electrons. The van der Waals surface area contributed by atoms with Crippen LogP contribution in [0.25, 0.3) is 11.1 Å². The van der Waals surface area contributed by atoms with Crippen LogP contribution in [0, 0.1) is 5.92 Å². The SMILES string of the molecule is Cn1cccc(-c2ccc(OCC3CC(F)(F)CCC3NS(C)(=O)=O)cc2)c1=O. The highest BCUT2D eigenvalue weighted by atomic mass is 32.2. The van der Waals surface area contributed by atoms with Crippen LogP contribution < -0.4 is 15.0 Å². The van der Waals surface area contributed by atoms with Gasteiger partial charge in [-0.2, -0.15) is 0 Å². The topological polar surface area (TPSA) is 77.4 Å². The highest BCUT2D eigenvalue weighted by Gasteiger charge is 2.42. The van der Waals surface area contributed by atoms with Crippen LogP contribution in [0.2, 0.25) is 0 Å². The summed E-state index contributed by atoms with van der Waals surface area (Å²) in [5.41, 5.74) is 1.14. The van der Waals surface area contributed by atoms with Gasteiger partial charge in [0.15, 0.2) is 0 Å². The molecule has 0 bridgehead atoms. The Morgan fingerprint density at radius 3 is 2.59 bits per heavy atom. The van der Waals surface area contributed by atoms with E-state index < -0.39 is 34.3 Å². The van der Waals surface area contributed by atoms with Gasteiger partial charge in [-0.15, -0.1) is 0 Å². The van der Waals surface area contributed by atoms with Gasteiger partial charge in [-0.1, -0.05) is 12.1 Å². The van der Waals surface area contributed by atoms with Crippen molar-refractivity contribution >= 4 is 10.0 Å². The van der Waals surface area contributed by atoms with Gasteiger partial charge in [-0.05, 0) is 36.2 Å². The van der Waals surface area contributed by atoms with Crippen molar-refractivity contribution < 1.29 is 21.9 Å². The first-order chi connectivity index (χ1) is 13.5. The molecule has 1 aliphatic rings. The van der Waals surface area contributed by atoms with Gasteiger partial charge in [0.25, 0.3) is 5.56 Å². The summed E-state index contributed by atoms with van der Waals surface area (Å²) in [6, 6.07) is 9.71. The largest absolute Gasteiger partial charge is 0.493 e. The van der Waals surface area contributed by atoms with Crippen LogP contribution in [0.1, 0.15) is 19.3 Å². The summed E-state index contributed by atoms with van der Waals surface area (Å²) in [4.78, 5) is 12.2. The summed E-state index contributed by atoms with van der Waals surface area (Å²) < 4.78 is 60.3. The Kier molecular flexibility index (Phi) is 6.09. The molecule has 1 N–H and O–H groups in total. The molecule has 0 spiro atoms. The summed E-state index contributed by atoms with van der Waals surface area (Å²) >= 11 is 0. The second-order valence-corrected chi connectivity index (χ2v) is 9.31. The van der Waals surface area contributed by atoms with Crippen LogP contribution >= 0.6 is 0 Å². The standard InChI is InChI=1S/C20H24F2N2O4S/c1-24-11-3-4-17(19(24)25)14-5-7-16(8-6-14)28-13-15-12-20(21,22)10-9-18(15)23-29(2,26)27/h3-8,11,15,18,23H,9-10,12-13H2,1-2H3. The Labute approximate surface area is 168 Å². The summed E-state index contributed by atoms with van der Waals surface area (Å²) in [6.45, 7) is -0.0325. The van der Waals surface area contributed by atoms with Crippen LogP contribution in [0.4, 0.5) is 8.78 Å². The zero-order chi connectivity index (χ0) is 21.2. The van der Waals surface area contributed by atoms with E-state index in [1.807, 2.05) is 0 Å². The number of rotatable bonds is 6. The number of nitrogens with zero attached hydrogens (tertiary/aromatic N) is 1. The van der Waals surface area contributed by atoms with E-state index in [-0.39, 0.29) is 25.0 Å². The number of sulfonamides is 1. The number of pyridine rings is 1. The summed E-state index contributed by atoms with van der Waals surface area (Å²) in [5.74, 6) is -3.01. The van der Waals surface area contributed by atoms with E-state index in [1.165, 1.54) is 4.57 Å². The molecule has 0 amide bonds. The van der Waals surface area contributed by atoms with Gasteiger partial charge < -0.3 is 9.30 Å². The highest BCUT2D eigenvalue weighted by molar-refractivity contribution is 7.88. The number of halogens is 2.